The van der Waals surface area contributed by atoms with E-state index in [1.807, 2.05) is 48.7 Å². The van der Waals surface area contributed by atoms with Crippen LogP contribution < -0.4 is 5.32 Å². The van der Waals surface area contributed by atoms with Crippen molar-refractivity contribution in [3.05, 3.63) is 73.3 Å². The minimum absolute atomic E-state index is 0.0874. The highest BCUT2D eigenvalue weighted by atomic mass is 16.1. The zero-order valence-electron chi connectivity index (χ0n) is 21.2. The second-order valence-corrected chi connectivity index (χ2v) is 9.98. The summed E-state index contributed by atoms with van der Waals surface area (Å²) in [6, 6.07) is 15.7. The molecule has 192 valence electrons. The van der Waals surface area contributed by atoms with E-state index in [9.17, 15) is 4.79 Å². The topological polar surface area (TPSA) is 125 Å². The van der Waals surface area contributed by atoms with Gasteiger partial charge in [0.2, 0.25) is 5.91 Å². The number of carbonyl (C=O) groups is 1. The van der Waals surface area contributed by atoms with Gasteiger partial charge in [0.15, 0.2) is 5.82 Å². The molecule has 39 heavy (non-hydrogen) atoms. The van der Waals surface area contributed by atoms with Gasteiger partial charge in [0.05, 0.1) is 28.6 Å². The number of hydrogen-bond acceptors (Lipinski definition) is 6. The fourth-order valence-corrected chi connectivity index (χ4v) is 5.39. The molecule has 0 saturated heterocycles. The highest BCUT2D eigenvalue weighted by Crippen LogP contribution is 2.33. The molecule has 9 heteroatoms. The first-order chi connectivity index (χ1) is 19.2. The normalized spacial score (nSPS) is 14.2. The first kappa shape index (κ1) is 23.2. The lowest BCUT2D eigenvalue weighted by molar-refractivity contribution is -0.120. The number of aromatic nitrogens is 7. The van der Waals surface area contributed by atoms with Gasteiger partial charge >= 0.3 is 0 Å². The van der Waals surface area contributed by atoms with Gasteiger partial charge in [-0.2, -0.15) is 5.10 Å². The lowest BCUT2D eigenvalue weighted by Crippen LogP contribution is -2.24. The van der Waals surface area contributed by atoms with Crippen molar-refractivity contribution in [2.75, 3.05) is 5.32 Å². The second-order valence-electron chi connectivity index (χ2n) is 9.98. The van der Waals surface area contributed by atoms with E-state index in [-0.39, 0.29) is 11.8 Å². The Hall–Kier alpha value is -4.92. The van der Waals surface area contributed by atoms with Crippen LogP contribution in [0.2, 0.25) is 0 Å². The Bertz CT molecular complexity index is 1800. The first-order valence-electron chi connectivity index (χ1n) is 13.2. The quantitative estimate of drug-likeness (QED) is 0.254. The predicted octanol–water partition coefficient (Wildman–Crippen LogP) is 6.14. The molecule has 0 bridgehead atoms. The van der Waals surface area contributed by atoms with Crippen LogP contribution in [0, 0.1) is 5.92 Å². The van der Waals surface area contributed by atoms with Crippen LogP contribution in [0.15, 0.2) is 73.3 Å². The van der Waals surface area contributed by atoms with Crippen LogP contribution in [0.1, 0.15) is 32.1 Å². The minimum atomic E-state index is 0.0874. The number of amides is 1. The molecule has 1 fully saturated rings. The number of benzene rings is 1. The molecule has 0 unspecified atom stereocenters. The van der Waals surface area contributed by atoms with Gasteiger partial charge in [-0.05, 0) is 54.8 Å². The van der Waals surface area contributed by atoms with Gasteiger partial charge in [-0.1, -0.05) is 31.4 Å². The Morgan fingerprint density at radius 1 is 0.872 bits per heavy atom. The van der Waals surface area contributed by atoms with E-state index in [1.54, 1.807) is 18.6 Å². The predicted molar refractivity (Wildman–Crippen MR) is 151 cm³/mol. The average Bonchev–Trinajstić information content (AvgIpc) is 3.62. The summed E-state index contributed by atoms with van der Waals surface area (Å²) < 4.78 is 0. The van der Waals surface area contributed by atoms with Gasteiger partial charge in [-0.25, -0.2) is 4.98 Å². The second kappa shape index (κ2) is 9.75. The molecule has 1 aliphatic rings. The van der Waals surface area contributed by atoms with Crippen LogP contribution in [0.5, 0.6) is 0 Å². The van der Waals surface area contributed by atoms with Crippen molar-refractivity contribution in [1.82, 2.24) is 35.1 Å². The highest BCUT2D eigenvalue weighted by molar-refractivity contribution is 5.98. The molecular weight excluding hydrogens is 488 g/mol. The number of hydrogen-bond donors (Lipinski definition) is 3. The SMILES string of the molecule is O=C(Nc1cncc(-c2ccc3[nH]nc(-c4nc5c(-c6ccccn6)nccc5[nH]4)c3c2)c1)C1CCCCC1. The molecule has 0 atom stereocenters. The summed E-state index contributed by atoms with van der Waals surface area (Å²) in [6.45, 7) is 0. The van der Waals surface area contributed by atoms with Gasteiger partial charge in [-0.3, -0.25) is 24.8 Å². The van der Waals surface area contributed by atoms with Crippen LogP contribution in [-0.4, -0.2) is 41.0 Å². The zero-order chi connectivity index (χ0) is 26.2. The summed E-state index contributed by atoms with van der Waals surface area (Å²) in [6.07, 6.45) is 12.4. The molecular formula is C30H26N8O. The molecule has 1 amide bonds. The smallest absolute Gasteiger partial charge is 0.227 e. The third kappa shape index (κ3) is 4.41. The summed E-state index contributed by atoms with van der Waals surface area (Å²) in [5.74, 6) is 0.820. The van der Waals surface area contributed by atoms with Crippen molar-refractivity contribution in [1.29, 1.82) is 0 Å². The fraction of sp³-hybridized carbons (Fsp3) is 0.200. The molecule has 0 aliphatic heterocycles. The van der Waals surface area contributed by atoms with Crippen molar-refractivity contribution >= 4 is 33.5 Å². The summed E-state index contributed by atoms with van der Waals surface area (Å²) in [7, 11) is 0. The highest BCUT2D eigenvalue weighted by Gasteiger charge is 2.21. The van der Waals surface area contributed by atoms with Gasteiger partial charge in [0.1, 0.15) is 16.9 Å². The Morgan fingerprint density at radius 3 is 2.67 bits per heavy atom. The number of rotatable bonds is 5. The van der Waals surface area contributed by atoms with Crippen molar-refractivity contribution in [2.24, 2.45) is 5.92 Å². The maximum absolute atomic E-state index is 12.8. The zero-order valence-corrected chi connectivity index (χ0v) is 21.2. The molecule has 1 saturated carbocycles. The number of imidazole rings is 1. The van der Waals surface area contributed by atoms with E-state index in [0.29, 0.717) is 22.9 Å². The van der Waals surface area contributed by atoms with Gasteiger partial charge in [0, 0.05) is 35.5 Å². The number of pyridine rings is 3. The monoisotopic (exact) mass is 514 g/mol. The van der Waals surface area contributed by atoms with Crippen LogP contribution in [-0.2, 0) is 4.79 Å². The third-order valence-electron chi connectivity index (χ3n) is 7.41. The minimum Gasteiger partial charge on any atom is -0.336 e. The number of aromatic amines is 2. The van der Waals surface area contributed by atoms with E-state index in [4.69, 9.17) is 4.98 Å². The molecule has 6 aromatic rings. The molecule has 1 aromatic carbocycles. The summed E-state index contributed by atoms with van der Waals surface area (Å²) in [5, 5.41) is 11.7. The Labute approximate surface area is 224 Å². The summed E-state index contributed by atoms with van der Waals surface area (Å²) in [4.78, 5) is 34.4. The Kier molecular flexibility index (Phi) is 5.81. The average molecular weight is 515 g/mol. The third-order valence-corrected chi connectivity index (χ3v) is 7.41. The molecule has 0 radical (unpaired) electrons. The maximum Gasteiger partial charge on any atom is 0.227 e. The number of carbonyl (C=O) groups excluding carboxylic acids is 1. The lowest BCUT2D eigenvalue weighted by atomic mass is 9.88. The first-order valence-corrected chi connectivity index (χ1v) is 13.2. The van der Waals surface area contributed by atoms with Crippen LogP contribution in [0.25, 0.3) is 56.0 Å². The fourth-order valence-electron chi connectivity index (χ4n) is 5.39. The van der Waals surface area contributed by atoms with Crippen molar-refractivity contribution in [2.45, 2.75) is 32.1 Å². The van der Waals surface area contributed by atoms with Crippen molar-refractivity contribution < 1.29 is 4.79 Å². The van der Waals surface area contributed by atoms with Crippen LogP contribution >= 0.6 is 0 Å². The molecule has 5 heterocycles. The Balaban J connectivity index is 1.23. The number of H-pyrrole nitrogens is 2. The van der Waals surface area contributed by atoms with Gasteiger partial charge < -0.3 is 10.3 Å². The van der Waals surface area contributed by atoms with Crippen molar-refractivity contribution in [3.63, 3.8) is 0 Å². The van der Waals surface area contributed by atoms with E-state index in [2.05, 4.69) is 41.5 Å². The van der Waals surface area contributed by atoms with Gasteiger partial charge in [0.25, 0.3) is 0 Å². The largest absolute Gasteiger partial charge is 0.336 e. The van der Waals surface area contributed by atoms with E-state index < -0.39 is 0 Å². The van der Waals surface area contributed by atoms with Gasteiger partial charge in [-0.15, -0.1) is 0 Å². The van der Waals surface area contributed by atoms with Crippen LogP contribution in [0.3, 0.4) is 0 Å². The van der Waals surface area contributed by atoms with E-state index in [0.717, 1.165) is 64.4 Å². The molecule has 7 rings (SSSR count). The van der Waals surface area contributed by atoms with E-state index in [1.165, 1.54) is 6.42 Å². The molecule has 0 spiro atoms. The summed E-state index contributed by atoms with van der Waals surface area (Å²) in [5.41, 5.74) is 7.28. The molecule has 5 aromatic heterocycles. The lowest BCUT2D eigenvalue weighted by Gasteiger charge is -2.20. The molecule has 1 aliphatic carbocycles. The number of nitrogens with one attached hydrogen (secondary N) is 3. The van der Waals surface area contributed by atoms with Crippen LogP contribution in [0.4, 0.5) is 5.69 Å². The number of anilines is 1. The standard InChI is InChI=1S/C30H26N8O/c39-30(18-6-2-1-3-7-18)34-21-14-20(16-31-17-21)19-9-10-23-22(15-19)26(38-37-23)29-35-25-11-13-33-27(28(25)36-29)24-8-4-5-12-32-24/h4-5,8-18H,1-3,6-7H2,(H,34,39)(H,35,36)(H,37,38). The maximum atomic E-state index is 12.8. The van der Waals surface area contributed by atoms with E-state index >= 15 is 0 Å². The number of nitrogens with zero attached hydrogens (tertiary/aromatic N) is 5. The molecule has 3 N–H and O–H groups in total. The van der Waals surface area contributed by atoms with Crippen molar-refractivity contribution in [3.8, 4) is 34.0 Å². The molecule has 9 nitrogen and oxygen atoms in total. The number of fused-ring (bicyclic) bond motifs is 2. The Morgan fingerprint density at radius 2 is 1.79 bits per heavy atom. The summed E-state index contributed by atoms with van der Waals surface area (Å²) >= 11 is 0.